The van der Waals surface area contributed by atoms with Crippen LogP contribution in [0.25, 0.3) is 0 Å². The van der Waals surface area contributed by atoms with Gasteiger partial charge in [0.05, 0.1) is 6.54 Å². The molecule has 2 amide bonds. The van der Waals surface area contributed by atoms with Crippen molar-refractivity contribution in [3.05, 3.63) is 35.6 Å². The first-order valence-electron chi connectivity index (χ1n) is 9.76. The van der Waals surface area contributed by atoms with Crippen LogP contribution in [0.5, 0.6) is 0 Å². The van der Waals surface area contributed by atoms with Crippen molar-refractivity contribution in [2.45, 2.75) is 31.8 Å². The third kappa shape index (κ3) is 6.01. The first-order valence-corrected chi connectivity index (χ1v) is 9.76. The summed E-state index contributed by atoms with van der Waals surface area (Å²) in [4.78, 5) is 28.6. The van der Waals surface area contributed by atoms with E-state index in [1.165, 1.54) is 12.1 Å². The molecule has 1 atom stereocenters. The van der Waals surface area contributed by atoms with Gasteiger partial charge >= 0.3 is 0 Å². The van der Waals surface area contributed by atoms with Crippen molar-refractivity contribution in [2.24, 2.45) is 0 Å². The predicted octanol–water partition coefficient (Wildman–Crippen LogP) is 1.20. The molecule has 0 aliphatic carbocycles. The largest absolute Gasteiger partial charge is 0.368 e. The van der Waals surface area contributed by atoms with E-state index in [2.05, 4.69) is 10.2 Å². The Morgan fingerprint density at radius 2 is 1.93 bits per heavy atom. The molecule has 0 bridgehead atoms. The highest BCUT2D eigenvalue weighted by molar-refractivity contribution is 5.81. The van der Waals surface area contributed by atoms with Crippen LogP contribution in [-0.2, 0) is 20.7 Å². The van der Waals surface area contributed by atoms with E-state index in [-0.39, 0.29) is 23.7 Å². The number of carbonyl (C=O) groups excluding carboxylic acids is 2. The summed E-state index contributed by atoms with van der Waals surface area (Å²) in [5.41, 5.74) is 0.995. The number of hydrogen-bond acceptors (Lipinski definition) is 4. The summed E-state index contributed by atoms with van der Waals surface area (Å²) in [5.74, 6) is -0.176. The van der Waals surface area contributed by atoms with Gasteiger partial charge in [0, 0.05) is 39.3 Å². The molecule has 0 spiro atoms. The molecule has 7 heteroatoms. The molecule has 3 rings (SSSR count). The maximum atomic E-state index is 12.9. The minimum atomic E-state index is -0.272. The molecular weight excluding hydrogens is 349 g/mol. The molecule has 0 saturated carbocycles. The van der Waals surface area contributed by atoms with Gasteiger partial charge in [0.25, 0.3) is 5.91 Å². The van der Waals surface area contributed by atoms with Crippen molar-refractivity contribution in [3.8, 4) is 0 Å². The number of benzene rings is 1. The summed E-state index contributed by atoms with van der Waals surface area (Å²) in [6.45, 7) is 4.41. The number of nitrogens with one attached hydrogen (secondary N) is 1. The van der Waals surface area contributed by atoms with E-state index in [0.717, 1.165) is 37.9 Å². The molecular formula is C20H28FN3O3. The van der Waals surface area contributed by atoms with Crippen LogP contribution in [0.2, 0.25) is 0 Å². The molecule has 1 aromatic carbocycles. The summed E-state index contributed by atoms with van der Waals surface area (Å²) in [7, 11) is 0. The maximum absolute atomic E-state index is 12.9. The molecule has 2 heterocycles. The number of rotatable bonds is 6. The minimum absolute atomic E-state index is 0.0176. The number of nitrogens with zero attached hydrogens (tertiary/aromatic N) is 2. The summed E-state index contributed by atoms with van der Waals surface area (Å²) in [5, 5.41) is 2.92. The highest BCUT2D eigenvalue weighted by Gasteiger charge is 2.29. The lowest BCUT2D eigenvalue weighted by atomic mass is 10.1. The number of hydrogen-bond donors (Lipinski definition) is 1. The average Bonchev–Trinajstić information content (AvgIpc) is 3.10. The second-order valence-corrected chi connectivity index (χ2v) is 7.18. The lowest BCUT2D eigenvalue weighted by Gasteiger charge is -2.24. The SMILES string of the molecule is O=C(CN1CCCN(C(=O)[C@@H]2CCCO2)CC1)NCCc1ccc(F)cc1. The Labute approximate surface area is 159 Å². The fourth-order valence-electron chi connectivity index (χ4n) is 3.58. The zero-order valence-corrected chi connectivity index (χ0v) is 15.7. The third-order valence-electron chi connectivity index (χ3n) is 5.12. The van der Waals surface area contributed by atoms with Crippen molar-refractivity contribution in [3.63, 3.8) is 0 Å². The molecule has 27 heavy (non-hydrogen) atoms. The van der Waals surface area contributed by atoms with Gasteiger partial charge in [-0.2, -0.15) is 0 Å². The maximum Gasteiger partial charge on any atom is 0.251 e. The Morgan fingerprint density at radius 3 is 2.67 bits per heavy atom. The van der Waals surface area contributed by atoms with Crippen LogP contribution in [0, 0.1) is 5.82 Å². The molecule has 0 radical (unpaired) electrons. The van der Waals surface area contributed by atoms with Crippen molar-refractivity contribution >= 4 is 11.8 Å². The summed E-state index contributed by atoms with van der Waals surface area (Å²) >= 11 is 0. The van der Waals surface area contributed by atoms with Gasteiger partial charge in [-0.25, -0.2) is 4.39 Å². The fourth-order valence-corrected chi connectivity index (χ4v) is 3.58. The normalized spacial score (nSPS) is 21.1. The van der Waals surface area contributed by atoms with Gasteiger partial charge < -0.3 is 15.0 Å². The highest BCUT2D eigenvalue weighted by Crippen LogP contribution is 2.16. The smallest absolute Gasteiger partial charge is 0.251 e. The van der Waals surface area contributed by atoms with E-state index in [9.17, 15) is 14.0 Å². The first-order chi connectivity index (χ1) is 13.1. The summed E-state index contributed by atoms with van der Waals surface area (Å²) < 4.78 is 18.4. The highest BCUT2D eigenvalue weighted by atomic mass is 19.1. The lowest BCUT2D eigenvalue weighted by Crippen LogP contribution is -2.42. The van der Waals surface area contributed by atoms with Crippen LogP contribution in [0.3, 0.4) is 0 Å². The van der Waals surface area contributed by atoms with Crippen molar-refractivity contribution < 1.29 is 18.7 Å². The summed E-state index contributed by atoms with van der Waals surface area (Å²) in [6, 6.07) is 6.32. The van der Waals surface area contributed by atoms with Crippen LogP contribution >= 0.6 is 0 Å². The van der Waals surface area contributed by atoms with Crippen molar-refractivity contribution in [1.82, 2.24) is 15.1 Å². The van der Waals surface area contributed by atoms with Crippen molar-refractivity contribution in [2.75, 3.05) is 45.9 Å². The van der Waals surface area contributed by atoms with Crippen molar-refractivity contribution in [1.29, 1.82) is 0 Å². The summed E-state index contributed by atoms with van der Waals surface area (Å²) in [6.07, 6.45) is 3.03. The van der Waals surface area contributed by atoms with Gasteiger partial charge in [-0.3, -0.25) is 14.5 Å². The zero-order valence-electron chi connectivity index (χ0n) is 15.7. The van der Waals surface area contributed by atoms with Gasteiger partial charge in [-0.1, -0.05) is 12.1 Å². The molecule has 0 aromatic heterocycles. The molecule has 2 aliphatic rings. The first kappa shape index (κ1) is 19.8. The molecule has 1 N–H and O–H groups in total. The van der Waals surface area contributed by atoms with E-state index in [4.69, 9.17) is 4.74 Å². The molecule has 2 aliphatic heterocycles. The molecule has 0 unspecified atom stereocenters. The topological polar surface area (TPSA) is 61.9 Å². The van der Waals surface area contributed by atoms with Crippen LogP contribution in [-0.4, -0.2) is 73.6 Å². The van der Waals surface area contributed by atoms with Crippen LogP contribution in [0.15, 0.2) is 24.3 Å². The Morgan fingerprint density at radius 1 is 1.11 bits per heavy atom. The minimum Gasteiger partial charge on any atom is -0.368 e. The van der Waals surface area contributed by atoms with E-state index < -0.39 is 0 Å². The molecule has 6 nitrogen and oxygen atoms in total. The average molecular weight is 377 g/mol. The van der Waals surface area contributed by atoms with E-state index >= 15 is 0 Å². The van der Waals surface area contributed by atoms with E-state index in [1.807, 2.05) is 4.90 Å². The Kier molecular flexibility index (Phi) is 7.18. The van der Waals surface area contributed by atoms with Crippen LogP contribution in [0.4, 0.5) is 4.39 Å². The predicted molar refractivity (Wildman–Crippen MR) is 99.7 cm³/mol. The molecule has 148 valence electrons. The Bertz CT molecular complexity index is 632. The Hall–Kier alpha value is -1.99. The molecule has 2 fully saturated rings. The van der Waals surface area contributed by atoms with E-state index in [1.54, 1.807) is 12.1 Å². The monoisotopic (exact) mass is 377 g/mol. The quantitative estimate of drug-likeness (QED) is 0.809. The van der Waals surface area contributed by atoms with Crippen LogP contribution < -0.4 is 5.32 Å². The fraction of sp³-hybridized carbons (Fsp3) is 0.600. The number of halogens is 1. The van der Waals surface area contributed by atoms with Gasteiger partial charge in [0.1, 0.15) is 11.9 Å². The lowest BCUT2D eigenvalue weighted by molar-refractivity contribution is -0.140. The molecule has 1 aromatic rings. The van der Waals surface area contributed by atoms with Gasteiger partial charge in [-0.05, 0) is 43.4 Å². The number of carbonyl (C=O) groups is 2. The van der Waals surface area contributed by atoms with Gasteiger partial charge in [-0.15, -0.1) is 0 Å². The van der Waals surface area contributed by atoms with Crippen LogP contribution in [0.1, 0.15) is 24.8 Å². The van der Waals surface area contributed by atoms with Gasteiger partial charge in [0.2, 0.25) is 5.91 Å². The number of amides is 2. The zero-order chi connectivity index (χ0) is 19.1. The number of ether oxygens (including phenoxy) is 1. The Balaban J connectivity index is 1.37. The molecule has 2 saturated heterocycles. The van der Waals surface area contributed by atoms with Gasteiger partial charge in [0.15, 0.2) is 0 Å². The van der Waals surface area contributed by atoms with E-state index in [0.29, 0.717) is 39.2 Å². The second-order valence-electron chi connectivity index (χ2n) is 7.18. The third-order valence-corrected chi connectivity index (χ3v) is 5.12. The standard InChI is InChI=1S/C20H28FN3O3/c21-17-6-4-16(5-7-17)8-9-22-19(25)15-23-10-2-11-24(13-12-23)20(26)18-3-1-14-27-18/h4-7,18H,1-3,8-15H2,(H,22,25)/t18-/m0/s1. The second kappa shape index (κ2) is 9.80.